The zero-order valence-corrected chi connectivity index (χ0v) is 16.7. The number of anilines is 2. The van der Waals surface area contributed by atoms with Gasteiger partial charge in [0.25, 0.3) is 0 Å². The van der Waals surface area contributed by atoms with Crippen LogP contribution in [0.3, 0.4) is 0 Å². The highest BCUT2D eigenvalue weighted by molar-refractivity contribution is 6.02. The number of hydrogen-bond donors (Lipinski definition) is 1. The van der Waals surface area contributed by atoms with Gasteiger partial charge in [-0.1, -0.05) is 17.7 Å². The van der Waals surface area contributed by atoms with Crippen LogP contribution in [0.2, 0.25) is 0 Å². The Kier molecular flexibility index (Phi) is 6.45. The molecule has 0 aromatic heterocycles. The molecule has 27 heavy (non-hydrogen) atoms. The molecule has 6 heteroatoms. The summed E-state index contributed by atoms with van der Waals surface area (Å²) in [4.78, 5) is 26.3. The summed E-state index contributed by atoms with van der Waals surface area (Å²) in [5.41, 5.74) is 4.38. The Morgan fingerprint density at radius 1 is 0.963 bits per heavy atom. The number of benzene rings is 2. The molecule has 0 bridgehead atoms. The van der Waals surface area contributed by atoms with Crippen LogP contribution in [0.15, 0.2) is 30.3 Å². The number of carbonyl (C=O) groups is 2. The lowest BCUT2D eigenvalue weighted by Crippen LogP contribution is -2.37. The summed E-state index contributed by atoms with van der Waals surface area (Å²) >= 11 is 0. The second-order valence-corrected chi connectivity index (χ2v) is 6.47. The molecular weight excluding hydrogens is 344 g/mol. The fraction of sp³-hybridized carbons (Fsp3) is 0.333. The molecule has 6 nitrogen and oxygen atoms in total. The van der Waals surface area contributed by atoms with Crippen molar-refractivity contribution in [2.24, 2.45) is 0 Å². The van der Waals surface area contributed by atoms with Gasteiger partial charge in [-0.15, -0.1) is 0 Å². The van der Waals surface area contributed by atoms with E-state index in [0.29, 0.717) is 17.2 Å². The maximum Gasteiger partial charge on any atom is 0.244 e. The van der Waals surface area contributed by atoms with Crippen LogP contribution < -0.4 is 19.7 Å². The Hall–Kier alpha value is -3.02. The van der Waals surface area contributed by atoms with Gasteiger partial charge in [-0.3, -0.25) is 9.59 Å². The smallest absolute Gasteiger partial charge is 0.244 e. The fourth-order valence-corrected chi connectivity index (χ4v) is 3.20. The molecule has 0 saturated heterocycles. The third-order valence-corrected chi connectivity index (χ3v) is 4.25. The lowest BCUT2D eigenvalue weighted by Gasteiger charge is -2.25. The topological polar surface area (TPSA) is 67.9 Å². The third-order valence-electron chi connectivity index (χ3n) is 4.25. The van der Waals surface area contributed by atoms with E-state index < -0.39 is 0 Å². The number of nitrogens with zero attached hydrogens (tertiary/aromatic N) is 1. The van der Waals surface area contributed by atoms with Crippen molar-refractivity contribution in [3.8, 4) is 11.5 Å². The molecule has 0 atom stereocenters. The highest BCUT2D eigenvalue weighted by Crippen LogP contribution is 2.30. The first-order valence-electron chi connectivity index (χ1n) is 8.64. The normalized spacial score (nSPS) is 10.3. The summed E-state index contributed by atoms with van der Waals surface area (Å²) in [6.07, 6.45) is 0. The Balaban J connectivity index is 2.23. The number of rotatable bonds is 6. The number of nitrogens with one attached hydrogen (secondary N) is 1. The lowest BCUT2D eigenvalue weighted by molar-refractivity contribution is -0.120. The van der Waals surface area contributed by atoms with E-state index in [2.05, 4.69) is 5.32 Å². The van der Waals surface area contributed by atoms with Crippen molar-refractivity contribution in [1.82, 2.24) is 0 Å². The van der Waals surface area contributed by atoms with Gasteiger partial charge in [0, 0.05) is 18.7 Å². The van der Waals surface area contributed by atoms with E-state index in [-0.39, 0.29) is 18.4 Å². The molecule has 2 rings (SSSR count). The van der Waals surface area contributed by atoms with E-state index in [4.69, 9.17) is 9.47 Å². The molecule has 2 amide bonds. The molecule has 0 saturated carbocycles. The van der Waals surface area contributed by atoms with Crippen molar-refractivity contribution < 1.29 is 19.1 Å². The molecule has 144 valence electrons. The summed E-state index contributed by atoms with van der Waals surface area (Å²) in [6, 6.07) is 9.12. The average molecular weight is 370 g/mol. The molecule has 0 radical (unpaired) electrons. The minimum atomic E-state index is -0.295. The van der Waals surface area contributed by atoms with Gasteiger partial charge < -0.3 is 19.7 Å². The summed E-state index contributed by atoms with van der Waals surface area (Å²) in [7, 11) is 3.08. The Bertz CT molecular complexity index is 838. The second-order valence-electron chi connectivity index (χ2n) is 6.47. The van der Waals surface area contributed by atoms with E-state index in [1.54, 1.807) is 25.3 Å². The van der Waals surface area contributed by atoms with E-state index in [0.717, 1.165) is 22.4 Å². The summed E-state index contributed by atoms with van der Waals surface area (Å²) in [5.74, 6) is 0.611. The van der Waals surface area contributed by atoms with Gasteiger partial charge in [0.2, 0.25) is 11.8 Å². The van der Waals surface area contributed by atoms with Crippen LogP contribution in [-0.4, -0.2) is 32.6 Å². The minimum Gasteiger partial charge on any atom is -0.493 e. The van der Waals surface area contributed by atoms with Gasteiger partial charge in [0.1, 0.15) is 6.54 Å². The number of carbonyl (C=O) groups excluding carboxylic acids is 2. The summed E-state index contributed by atoms with van der Waals surface area (Å²) in [6.45, 7) is 7.28. The van der Waals surface area contributed by atoms with Crippen LogP contribution in [-0.2, 0) is 9.59 Å². The SMILES string of the molecule is COc1ccc(NC(=O)CN(C(C)=O)c2c(C)cc(C)cc2C)cc1OC. The van der Waals surface area contributed by atoms with Gasteiger partial charge in [-0.2, -0.15) is 0 Å². The van der Waals surface area contributed by atoms with Crippen LogP contribution >= 0.6 is 0 Å². The van der Waals surface area contributed by atoms with Crippen molar-refractivity contribution in [3.05, 3.63) is 47.0 Å². The molecule has 0 aliphatic rings. The maximum absolute atomic E-state index is 12.6. The molecular formula is C21H26N2O4. The van der Waals surface area contributed by atoms with Gasteiger partial charge >= 0.3 is 0 Å². The number of methoxy groups -OCH3 is 2. The standard InChI is InChI=1S/C21H26N2O4/c1-13-9-14(2)21(15(3)10-13)23(16(4)24)12-20(25)22-17-7-8-18(26-5)19(11-17)27-6/h7-11H,12H2,1-6H3,(H,22,25). The molecule has 2 aromatic carbocycles. The molecule has 0 heterocycles. The highest BCUT2D eigenvalue weighted by atomic mass is 16.5. The molecule has 0 spiro atoms. The molecule has 1 N–H and O–H groups in total. The van der Waals surface area contributed by atoms with Crippen LogP contribution in [0, 0.1) is 20.8 Å². The van der Waals surface area contributed by atoms with Gasteiger partial charge in [0.15, 0.2) is 11.5 Å². The van der Waals surface area contributed by atoms with Gasteiger partial charge in [0.05, 0.1) is 19.9 Å². The summed E-state index contributed by atoms with van der Waals surface area (Å²) in [5, 5.41) is 2.80. The van der Waals surface area contributed by atoms with E-state index in [1.165, 1.54) is 18.9 Å². The molecule has 0 aliphatic heterocycles. The van der Waals surface area contributed by atoms with Gasteiger partial charge in [-0.05, 0) is 44.0 Å². The van der Waals surface area contributed by atoms with Crippen molar-refractivity contribution in [2.75, 3.05) is 31.0 Å². The molecule has 0 unspecified atom stereocenters. The van der Waals surface area contributed by atoms with Crippen molar-refractivity contribution in [2.45, 2.75) is 27.7 Å². The fourth-order valence-electron chi connectivity index (χ4n) is 3.20. The Morgan fingerprint density at radius 3 is 2.07 bits per heavy atom. The average Bonchev–Trinajstić information content (AvgIpc) is 2.59. The quantitative estimate of drug-likeness (QED) is 0.843. The van der Waals surface area contributed by atoms with Gasteiger partial charge in [-0.25, -0.2) is 0 Å². The van der Waals surface area contributed by atoms with Crippen LogP contribution in [0.1, 0.15) is 23.6 Å². The number of hydrogen-bond acceptors (Lipinski definition) is 4. The van der Waals surface area contributed by atoms with E-state index in [9.17, 15) is 9.59 Å². The molecule has 0 aliphatic carbocycles. The Labute approximate surface area is 160 Å². The predicted molar refractivity (Wildman–Crippen MR) is 107 cm³/mol. The first-order valence-corrected chi connectivity index (χ1v) is 8.64. The molecule has 2 aromatic rings. The first-order chi connectivity index (χ1) is 12.8. The third kappa shape index (κ3) is 4.78. The molecule has 0 fully saturated rings. The predicted octanol–water partition coefficient (Wildman–Crippen LogP) is 3.62. The van der Waals surface area contributed by atoms with Crippen LogP contribution in [0.25, 0.3) is 0 Å². The minimum absolute atomic E-state index is 0.0750. The summed E-state index contributed by atoms with van der Waals surface area (Å²) < 4.78 is 10.4. The second kappa shape index (κ2) is 8.58. The number of ether oxygens (including phenoxy) is 2. The zero-order chi connectivity index (χ0) is 20.1. The monoisotopic (exact) mass is 370 g/mol. The lowest BCUT2D eigenvalue weighted by atomic mass is 10.0. The van der Waals surface area contributed by atoms with E-state index in [1.807, 2.05) is 32.9 Å². The highest BCUT2D eigenvalue weighted by Gasteiger charge is 2.20. The number of amides is 2. The largest absolute Gasteiger partial charge is 0.493 e. The van der Waals surface area contributed by atoms with Crippen molar-refractivity contribution in [1.29, 1.82) is 0 Å². The Morgan fingerprint density at radius 2 is 1.56 bits per heavy atom. The number of aryl methyl sites for hydroxylation is 3. The first kappa shape index (κ1) is 20.3. The van der Waals surface area contributed by atoms with Crippen LogP contribution in [0.4, 0.5) is 11.4 Å². The van der Waals surface area contributed by atoms with Crippen LogP contribution in [0.5, 0.6) is 11.5 Å². The van der Waals surface area contributed by atoms with E-state index >= 15 is 0 Å². The maximum atomic E-state index is 12.6. The van der Waals surface area contributed by atoms with Crippen molar-refractivity contribution in [3.63, 3.8) is 0 Å². The van der Waals surface area contributed by atoms with Crippen molar-refractivity contribution >= 4 is 23.2 Å². The zero-order valence-electron chi connectivity index (χ0n) is 16.7.